The Morgan fingerprint density at radius 3 is 2.47 bits per heavy atom. The van der Waals surface area contributed by atoms with Crippen molar-refractivity contribution in [3.8, 4) is 12.3 Å². The number of ether oxygens (including phenoxy) is 1. The molecule has 0 saturated heterocycles. The molecule has 90 valence electrons. The van der Waals surface area contributed by atoms with E-state index in [-0.39, 0.29) is 0 Å². The molecule has 0 atom stereocenters. The van der Waals surface area contributed by atoms with Crippen LogP contribution in [0.15, 0.2) is 12.1 Å². The molecule has 0 amide bonds. The van der Waals surface area contributed by atoms with E-state index in [0.29, 0.717) is 22.4 Å². The standard InChI is InChI=1S/C14H17NO2/c1-6-10-7-11(9(2)12(15)8-10)13(16)17-14(3,4)5/h1,7-8H,15H2,2-5H3. The summed E-state index contributed by atoms with van der Waals surface area (Å²) in [5.41, 5.74) is 7.45. The lowest BCUT2D eigenvalue weighted by atomic mass is 10.0. The molecule has 0 heterocycles. The molecule has 0 aliphatic heterocycles. The molecule has 0 fully saturated rings. The number of carbonyl (C=O) groups excluding carboxylic acids is 1. The summed E-state index contributed by atoms with van der Waals surface area (Å²) in [5, 5.41) is 0. The predicted octanol–water partition coefficient (Wildman–Crippen LogP) is 2.51. The molecule has 0 radical (unpaired) electrons. The predicted molar refractivity (Wildman–Crippen MR) is 68.7 cm³/mol. The van der Waals surface area contributed by atoms with Crippen molar-refractivity contribution in [2.45, 2.75) is 33.3 Å². The summed E-state index contributed by atoms with van der Waals surface area (Å²) in [6.07, 6.45) is 5.31. The number of terminal acetylenes is 1. The van der Waals surface area contributed by atoms with Gasteiger partial charge in [-0.25, -0.2) is 4.79 Å². The average molecular weight is 231 g/mol. The van der Waals surface area contributed by atoms with Crippen molar-refractivity contribution < 1.29 is 9.53 Å². The second-order valence-electron chi connectivity index (χ2n) is 4.88. The molecule has 17 heavy (non-hydrogen) atoms. The molecule has 0 spiro atoms. The van der Waals surface area contributed by atoms with Gasteiger partial charge in [0.25, 0.3) is 0 Å². The molecule has 1 aromatic rings. The fourth-order valence-electron chi connectivity index (χ4n) is 1.37. The zero-order valence-electron chi connectivity index (χ0n) is 10.6. The van der Waals surface area contributed by atoms with Crippen LogP contribution in [-0.2, 0) is 4.74 Å². The minimum absolute atomic E-state index is 0.404. The summed E-state index contributed by atoms with van der Waals surface area (Å²) in [5.74, 6) is 2.06. The van der Waals surface area contributed by atoms with Gasteiger partial charge in [-0.15, -0.1) is 6.42 Å². The van der Waals surface area contributed by atoms with Gasteiger partial charge >= 0.3 is 5.97 Å². The molecule has 0 bridgehead atoms. The smallest absolute Gasteiger partial charge is 0.339 e. The van der Waals surface area contributed by atoms with Gasteiger partial charge < -0.3 is 10.5 Å². The molecule has 2 N–H and O–H groups in total. The topological polar surface area (TPSA) is 52.3 Å². The summed E-state index contributed by atoms with van der Waals surface area (Å²) in [4.78, 5) is 12.0. The van der Waals surface area contributed by atoms with E-state index in [1.807, 2.05) is 20.8 Å². The molecule has 1 rings (SSSR count). The summed E-state index contributed by atoms with van der Waals surface area (Å²) in [6.45, 7) is 7.22. The van der Waals surface area contributed by atoms with Crippen molar-refractivity contribution >= 4 is 11.7 Å². The molecule has 0 aliphatic carbocycles. The van der Waals surface area contributed by atoms with Gasteiger partial charge in [0.05, 0.1) is 5.56 Å². The minimum atomic E-state index is -0.537. The van der Waals surface area contributed by atoms with Crippen molar-refractivity contribution in [2.75, 3.05) is 5.73 Å². The molecule has 0 unspecified atom stereocenters. The van der Waals surface area contributed by atoms with Crippen LogP contribution in [-0.4, -0.2) is 11.6 Å². The van der Waals surface area contributed by atoms with E-state index in [1.165, 1.54) is 0 Å². The molecule has 1 aromatic carbocycles. The first-order valence-corrected chi connectivity index (χ1v) is 5.34. The second kappa shape index (κ2) is 4.50. The van der Waals surface area contributed by atoms with E-state index >= 15 is 0 Å². The Morgan fingerprint density at radius 1 is 1.41 bits per heavy atom. The van der Waals surface area contributed by atoms with Gasteiger partial charge in [0, 0.05) is 11.3 Å². The maximum atomic E-state index is 12.0. The maximum absolute atomic E-state index is 12.0. The summed E-state index contributed by atoms with van der Waals surface area (Å²) in [6, 6.07) is 3.29. The van der Waals surface area contributed by atoms with Crippen LogP contribution in [0.2, 0.25) is 0 Å². The summed E-state index contributed by atoms with van der Waals surface area (Å²) < 4.78 is 5.30. The first-order valence-electron chi connectivity index (χ1n) is 5.34. The van der Waals surface area contributed by atoms with Crippen molar-refractivity contribution in [3.05, 3.63) is 28.8 Å². The Bertz CT molecular complexity index is 490. The Kier molecular flexibility index (Phi) is 3.47. The largest absolute Gasteiger partial charge is 0.456 e. The van der Waals surface area contributed by atoms with Crippen LogP contribution in [0.3, 0.4) is 0 Å². The van der Waals surface area contributed by atoms with Crippen LogP contribution >= 0.6 is 0 Å². The Balaban J connectivity index is 3.18. The van der Waals surface area contributed by atoms with Gasteiger partial charge in [-0.3, -0.25) is 0 Å². The fourth-order valence-corrected chi connectivity index (χ4v) is 1.37. The monoisotopic (exact) mass is 231 g/mol. The maximum Gasteiger partial charge on any atom is 0.339 e. The highest BCUT2D eigenvalue weighted by Crippen LogP contribution is 2.21. The van der Waals surface area contributed by atoms with Gasteiger partial charge in [-0.1, -0.05) is 5.92 Å². The quantitative estimate of drug-likeness (QED) is 0.459. The number of rotatable bonds is 1. The summed E-state index contributed by atoms with van der Waals surface area (Å²) in [7, 11) is 0. The van der Waals surface area contributed by atoms with Crippen molar-refractivity contribution in [2.24, 2.45) is 0 Å². The van der Waals surface area contributed by atoms with Crippen LogP contribution in [0.4, 0.5) is 5.69 Å². The molecule has 3 heteroatoms. The van der Waals surface area contributed by atoms with Crippen molar-refractivity contribution in [1.82, 2.24) is 0 Å². The minimum Gasteiger partial charge on any atom is -0.456 e. The Morgan fingerprint density at radius 2 is 2.00 bits per heavy atom. The van der Waals surface area contributed by atoms with Gasteiger partial charge in [0.15, 0.2) is 0 Å². The number of nitrogens with two attached hydrogens (primary N) is 1. The third-order valence-corrected chi connectivity index (χ3v) is 2.23. The van der Waals surface area contributed by atoms with Gasteiger partial charge in [-0.05, 0) is 45.4 Å². The van der Waals surface area contributed by atoms with Crippen LogP contribution < -0.4 is 5.73 Å². The third kappa shape index (κ3) is 3.25. The SMILES string of the molecule is C#Cc1cc(N)c(C)c(C(=O)OC(C)(C)C)c1. The normalized spacial score (nSPS) is 10.8. The van der Waals surface area contributed by atoms with E-state index in [2.05, 4.69) is 5.92 Å². The number of carbonyl (C=O) groups is 1. The highest BCUT2D eigenvalue weighted by atomic mass is 16.6. The molecule has 0 aromatic heterocycles. The van der Waals surface area contributed by atoms with E-state index in [0.717, 1.165) is 0 Å². The van der Waals surface area contributed by atoms with Crippen LogP contribution in [0.5, 0.6) is 0 Å². The van der Waals surface area contributed by atoms with Crippen molar-refractivity contribution in [3.63, 3.8) is 0 Å². The molecular formula is C14H17NO2. The van der Waals surface area contributed by atoms with E-state index in [9.17, 15) is 4.79 Å². The Labute approximate surface area is 102 Å². The van der Waals surface area contributed by atoms with Gasteiger partial charge in [0.2, 0.25) is 0 Å². The molecule has 0 saturated carbocycles. The highest BCUT2D eigenvalue weighted by Gasteiger charge is 2.20. The zero-order valence-corrected chi connectivity index (χ0v) is 10.6. The first-order chi connectivity index (χ1) is 7.74. The lowest BCUT2D eigenvalue weighted by Gasteiger charge is -2.20. The van der Waals surface area contributed by atoms with Crippen LogP contribution in [0, 0.1) is 19.3 Å². The lowest BCUT2D eigenvalue weighted by Crippen LogP contribution is -2.24. The number of benzene rings is 1. The highest BCUT2D eigenvalue weighted by molar-refractivity contribution is 5.93. The molecule has 0 aliphatic rings. The first kappa shape index (κ1) is 13.1. The lowest BCUT2D eigenvalue weighted by molar-refractivity contribution is 0.00688. The zero-order chi connectivity index (χ0) is 13.2. The van der Waals surface area contributed by atoms with Gasteiger partial charge in [0.1, 0.15) is 5.60 Å². The third-order valence-electron chi connectivity index (χ3n) is 2.23. The van der Waals surface area contributed by atoms with E-state index in [4.69, 9.17) is 16.9 Å². The van der Waals surface area contributed by atoms with Crippen LogP contribution in [0.25, 0.3) is 0 Å². The van der Waals surface area contributed by atoms with Gasteiger partial charge in [-0.2, -0.15) is 0 Å². The fraction of sp³-hybridized carbons (Fsp3) is 0.357. The number of hydrogen-bond donors (Lipinski definition) is 1. The Hall–Kier alpha value is -1.95. The average Bonchev–Trinajstić information content (AvgIpc) is 2.19. The second-order valence-corrected chi connectivity index (χ2v) is 4.88. The number of hydrogen-bond acceptors (Lipinski definition) is 3. The molecular weight excluding hydrogens is 214 g/mol. The number of esters is 1. The summed E-state index contributed by atoms with van der Waals surface area (Å²) >= 11 is 0. The number of anilines is 1. The van der Waals surface area contributed by atoms with Crippen molar-refractivity contribution in [1.29, 1.82) is 0 Å². The van der Waals surface area contributed by atoms with E-state index < -0.39 is 11.6 Å². The molecule has 3 nitrogen and oxygen atoms in total. The number of nitrogen functional groups attached to an aromatic ring is 1. The van der Waals surface area contributed by atoms with Crippen LogP contribution in [0.1, 0.15) is 42.3 Å². The van der Waals surface area contributed by atoms with E-state index in [1.54, 1.807) is 19.1 Å².